The van der Waals surface area contributed by atoms with E-state index < -0.39 is 0 Å². The Morgan fingerprint density at radius 1 is 1.14 bits per heavy atom. The van der Waals surface area contributed by atoms with Gasteiger partial charge in [-0.2, -0.15) is 5.10 Å². The zero-order valence-corrected chi connectivity index (χ0v) is 21.5. The van der Waals surface area contributed by atoms with Crippen LogP contribution in [0.15, 0.2) is 30.5 Å². The van der Waals surface area contributed by atoms with E-state index in [2.05, 4.69) is 46.7 Å². The number of H-pyrrole nitrogens is 1. The molecule has 9 heteroatoms. The van der Waals surface area contributed by atoms with Crippen LogP contribution < -0.4 is 10.2 Å². The summed E-state index contributed by atoms with van der Waals surface area (Å²) in [6.07, 6.45) is 4.16. The van der Waals surface area contributed by atoms with Crippen LogP contribution in [0.25, 0.3) is 33.5 Å². The van der Waals surface area contributed by atoms with E-state index >= 15 is 0 Å². The summed E-state index contributed by atoms with van der Waals surface area (Å²) in [5, 5.41) is 9.31. The average Bonchev–Trinajstić information content (AvgIpc) is 3.40. The van der Waals surface area contributed by atoms with Gasteiger partial charge >= 0.3 is 0 Å². The fourth-order valence-electron chi connectivity index (χ4n) is 6.48. The number of fused-ring (bicyclic) bond motifs is 1. The van der Waals surface area contributed by atoms with Gasteiger partial charge in [-0.3, -0.25) is 4.68 Å². The molecule has 37 heavy (non-hydrogen) atoms. The summed E-state index contributed by atoms with van der Waals surface area (Å²) in [4.78, 5) is 15.4. The molecule has 2 N–H and O–H groups in total. The Bertz CT molecular complexity index is 1500. The Morgan fingerprint density at radius 2 is 1.97 bits per heavy atom. The Kier molecular flexibility index (Phi) is 5.17. The number of benzene rings is 1. The number of anilines is 1. The average molecular weight is 502 g/mol. The molecule has 3 aliphatic rings. The summed E-state index contributed by atoms with van der Waals surface area (Å²) < 4.78 is 22.5. The molecular formula is C28H32FN7O. The number of nitrogens with one attached hydrogen (secondary N) is 2. The molecule has 3 fully saturated rings. The maximum Gasteiger partial charge on any atom is 0.162 e. The number of aryl methyl sites for hydroxylation is 1. The minimum absolute atomic E-state index is 0.177. The Balaban J connectivity index is 1.36. The standard InChI is InChI=1S/C28H32FN7O/c1-16-13-37-7-6-35(16)25-10-24(32-27(33-25)22-8-19(29)9-23-21(22)4-5-31-23)26-17(2)34-36(18(26)3)20-11-28(12-20)14-30-15-28/h4-5,8-10,16,20,30-31H,6-7,11-15H2,1-3H3/t16-/m1/s1. The first-order valence-corrected chi connectivity index (χ1v) is 13.2. The van der Waals surface area contributed by atoms with E-state index in [0.29, 0.717) is 36.1 Å². The van der Waals surface area contributed by atoms with E-state index in [1.165, 1.54) is 25.0 Å². The minimum atomic E-state index is -0.315. The third kappa shape index (κ3) is 3.67. The van der Waals surface area contributed by atoms with Crippen molar-refractivity contribution in [2.75, 3.05) is 37.7 Å². The number of rotatable bonds is 4. The van der Waals surface area contributed by atoms with Crippen molar-refractivity contribution in [3.63, 3.8) is 0 Å². The predicted molar refractivity (Wildman–Crippen MR) is 141 cm³/mol. The molecule has 2 aliphatic heterocycles. The summed E-state index contributed by atoms with van der Waals surface area (Å²) in [7, 11) is 0. The summed E-state index contributed by atoms with van der Waals surface area (Å²) in [6.45, 7) is 10.6. The number of ether oxygens (including phenoxy) is 1. The van der Waals surface area contributed by atoms with Crippen LogP contribution in [0.5, 0.6) is 0 Å². The molecule has 4 aromatic rings. The summed E-state index contributed by atoms with van der Waals surface area (Å²) >= 11 is 0. The zero-order valence-electron chi connectivity index (χ0n) is 21.5. The Hall–Kier alpha value is -3.30. The highest BCUT2D eigenvalue weighted by Crippen LogP contribution is 2.51. The van der Waals surface area contributed by atoms with Crippen LogP contribution in [0.3, 0.4) is 0 Å². The lowest BCUT2D eigenvalue weighted by Gasteiger charge is -2.54. The van der Waals surface area contributed by atoms with Gasteiger partial charge in [-0.15, -0.1) is 0 Å². The Morgan fingerprint density at radius 3 is 2.73 bits per heavy atom. The molecule has 2 saturated heterocycles. The molecule has 3 aromatic heterocycles. The van der Waals surface area contributed by atoms with Crippen molar-refractivity contribution >= 4 is 16.7 Å². The van der Waals surface area contributed by atoms with Crippen molar-refractivity contribution in [2.24, 2.45) is 5.41 Å². The number of halogens is 1. The van der Waals surface area contributed by atoms with Gasteiger partial charge in [0.05, 0.1) is 36.7 Å². The summed E-state index contributed by atoms with van der Waals surface area (Å²) in [5.41, 5.74) is 5.84. The first kappa shape index (κ1) is 22.9. The first-order valence-electron chi connectivity index (χ1n) is 13.2. The molecule has 1 aromatic carbocycles. The van der Waals surface area contributed by atoms with Crippen molar-refractivity contribution in [3.05, 3.63) is 47.7 Å². The number of aromatic nitrogens is 5. The van der Waals surface area contributed by atoms with E-state index in [9.17, 15) is 4.39 Å². The topological polar surface area (TPSA) is 83.9 Å². The molecular weight excluding hydrogens is 469 g/mol. The van der Waals surface area contributed by atoms with Crippen molar-refractivity contribution in [1.82, 2.24) is 30.0 Å². The van der Waals surface area contributed by atoms with Crippen LogP contribution in [-0.2, 0) is 4.74 Å². The second kappa shape index (κ2) is 8.36. The van der Waals surface area contributed by atoms with Crippen LogP contribution in [0.2, 0.25) is 0 Å². The Labute approximate surface area is 215 Å². The van der Waals surface area contributed by atoms with Crippen LogP contribution in [0.1, 0.15) is 37.2 Å². The monoisotopic (exact) mass is 501 g/mol. The van der Waals surface area contributed by atoms with Gasteiger partial charge in [0.2, 0.25) is 0 Å². The van der Waals surface area contributed by atoms with Gasteiger partial charge in [0.15, 0.2) is 5.82 Å². The zero-order chi connectivity index (χ0) is 25.3. The van der Waals surface area contributed by atoms with E-state index in [4.69, 9.17) is 19.8 Å². The maximum atomic E-state index is 14.6. The van der Waals surface area contributed by atoms with Gasteiger partial charge in [-0.25, -0.2) is 14.4 Å². The van der Waals surface area contributed by atoms with E-state index in [1.807, 2.05) is 12.3 Å². The summed E-state index contributed by atoms with van der Waals surface area (Å²) in [5.74, 6) is 1.04. The smallest absolute Gasteiger partial charge is 0.162 e. The van der Waals surface area contributed by atoms with Crippen LogP contribution in [-0.4, -0.2) is 63.6 Å². The molecule has 0 bridgehead atoms. The first-order chi connectivity index (χ1) is 17.9. The van der Waals surface area contributed by atoms with Crippen molar-refractivity contribution in [1.29, 1.82) is 0 Å². The molecule has 1 saturated carbocycles. The van der Waals surface area contributed by atoms with Crippen molar-refractivity contribution in [3.8, 4) is 22.6 Å². The fraction of sp³-hybridized carbons (Fsp3) is 0.464. The van der Waals surface area contributed by atoms with Gasteiger partial charge in [0.25, 0.3) is 0 Å². The molecule has 5 heterocycles. The molecule has 8 nitrogen and oxygen atoms in total. The molecule has 0 radical (unpaired) electrons. The number of nitrogens with zero attached hydrogens (tertiary/aromatic N) is 5. The van der Waals surface area contributed by atoms with E-state index in [1.54, 1.807) is 0 Å². The highest BCUT2D eigenvalue weighted by molar-refractivity contribution is 5.94. The SMILES string of the molecule is Cc1nn(C2CC3(CNC3)C2)c(C)c1-c1cc(N2CCOC[C@H]2C)nc(-c2cc(F)cc3[nH]ccc23)n1. The van der Waals surface area contributed by atoms with Gasteiger partial charge < -0.3 is 19.9 Å². The fourth-order valence-corrected chi connectivity index (χ4v) is 6.48. The lowest BCUT2D eigenvalue weighted by atomic mass is 9.61. The lowest BCUT2D eigenvalue weighted by Crippen LogP contribution is -2.60. The van der Waals surface area contributed by atoms with E-state index in [0.717, 1.165) is 59.0 Å². The number of aromatic amines is 1. The van der Waals surface area contributed by atoms with Gasteiger partial charge in [-0.05, 0) is 57.2 Å². The molecule has 0 amide bonds. The highest BCUT2D eigenvalue weighted by atomic mass is 19.1. The second-order valence-corrected chi connectivity index (χ2v) is 11.1. The number of hydrogen-bond donors (Lipinski definition) is 2. The molecule has 1 aliphatic carbocycles. The van der Waals surface area contributed by atoms with E-state index in [-0.39, 0.29) is 11.9 Å². The van der Waals surface area contributed by atoms with Crippen LogP contribution in [0.4, 0.5) is 10.2 Å². The van der Waals surface area contributed by atoms with Gasteiger partial charge in [-0.1, -0.05) is 0 Å². The second-order valence-electron chi connectivity index (χ2n) is 11.1. The normalized spacial score (nSPS) is 21.4. The number of hydrogen-bond acceptors (Lipinski definition) is 6. The summed E-state index contributed by atoms with van der Waals surface area (Å²) in [6, 6.07) is 7.67. The van der Waals surface area contributed by atoms with Crippen LogP contribution in [0, 0.1) is 25.1 Å². The highest BCUT2D eigenvalue weighted by Gasteiger charge is 2.49. The third-order valence-corrected chi connectivity index (χ3v) is 8.51. The van der Waals surface area contributed by atoms with Gasteiger partial charge in [0.1, 0.15) is 11.6 Å². The van der Waals surface area contributed by atoms with Crippen molar-refractivity contribution < 1.29 is 9.13 Å². The van der Waals surface area contributed by atoms with Gasteiger partial charge in [0, 0.05) is 59.6 Å². The lowest BCUT2D eigenvalue weighted by molar-refractivity contribution is 0.00144. The van der Waals surface area contributed by atoms with Crippen molar-refractivity contribution in [2.45, 2.75) is 45.7 Å². The molecule has 192 valence electrons. The molecule has 1 spiro atoms. The number of morpholine rings is 1. The molecule has 1 atom stereocenters. The molecule has 7 rings (SSSR count). The van der Waals surface area contributed by atoms with Crippen LogP contribution >= 0.6 is 0 Å². The third-order valence-electron chi connectivity index (χ3n) is 8.51. The molecule has 0 unspecified atom stereocenters. The minimum Gasteiger partial charge on any atom is -0.377 e. The quantitative estimate of drug-likeness (QED) is 0.432. The largest absolute Gasteiger partial charge is 0.377 e. The predicted octanol–water partition coefficient (Wildman–Crippen LogP) is 4.39. The maximum absolute atomic E-state index is 14.6.